The molecule has 31 heavy (non-hydrogen) atoms. The molecule has 4 aromatic rings. The van der Waals surface area contributed by atoms with Crippen LogP contribution in [0.5, 0.6) is 0 Å². The number of hydrogen-bond donors (Lipinski definition) is 2. The number of nitrogens with zero attached hydrogens (tertiary/aromatic N) is 4. The molecular weight excluding hydrogens is 409 g/mol. The molecule has 0 aliphatic heterocycles. The number of carbonyl (C=O) groups excluding carboxylic acids is 1. The molecule has 2 N–H and O–H groups in total. The summed E-state index contributed by atoms with van der Waals surface area (Å²) in [7, 11) is 0. The molecule has 0 atom stereocenters. The van der Waals surface area contributed by atoms with Gasteiger partial charge in [-0.15, -0.1) is 0 Å². The molecule has 0 bridgehead atoms. The van der Waals surface area contributed by atoms with Crippen molar-refractivity contribution >= 4 is 23.1 Å². The standard InChI is InChI=1S/C21H15F3N6O/c22-21(23,24)15-3-1-2-14(10-15)20(31)29-17-6-4-16(5-7-17)28-18-11-19(27-12-26-18)30-9-8-25-13-30/h1-13H,(H,29,31)(H,26,27,28). The average molecular weight is 424 g/mol. The summed E-state index contributed by atoms with van der Waals surface area (Å²) >= 11 is 0. The topological polar surface area (TPSA) is 84.7 Å². The Morgan fingerprint density at radius 1 is 0.968 bits per heavy atom. The van der Waals surface area contributed by atoms with Gasteiger partial charge in [0.05, 0.1) is 5.56 Å². The van der Waals surface area contributed by atoms with Crippen LogP contribution < -0.4 is 10.6 Å². The van der Waals surface area contributed by atoms with Crippen LogP contribution in [-0.2, 0) is 6.18 Å². The Hall–Kier alpha value is -4.21. The van der Waals surface area contributed by atoms with Crippen molar-refractivity contribution in [3.8, 4) is 5.82 Å². The van der Waals surface area contributed by atoms with Gasteiger partial charge in [0.25, 0.3) is 5.91 Å². The van der Waals surface area contributed by atoms with Crippen molar-refractivity contribution in [1.82, 2.24) is 19.5 Å². The summed E-state index contributed by atoms with van der Waals surface area (Å²) in [5.74, 6) is 0.562. The molecule has 0 spiro atoms. The van der Waals surface area contributed by atoms with Gasteiger partial charge in [0.15, 0.2) is 0 Å². The quantitative estimate of drug-likeness (QED) is 0.486. The number of imidazole rings is 1. The van der Waals surface area contributed by atoms with Crippen molar-refractivity contribution < 1.29 is 18.0 Å². The van der Waals surface area contributed by atoms with Gasteiger partial charge in [-0.1, -0.05) is 6.07 Å². The third-order valence-electron chi connectivity index (χ3n) is 4.29. The van der Waals surface area contributed by atoms with Crippen LogP contribution >= 0.6 is 0 Å². The third kappa shape index (κ3) is 4.86. The molecule has 7 nitrogen and oxygen atoms in total. The van der Waals surface area contributed by atoms with Crippen molar-refractivity contribution in [2.45, 2.75) is 6.18 Å². The van der Waals surface area contributed by atoms with E-state index in [2.05, 4.69) is 25.6 Å². The predicted molar refractivity (Wildman–Crippen MR) is 108 cm³/mol. The first kappa shape index (κ1) is 20.1. The fourth-order valence-electron chi connectivity index (χ4n) is 2.78. The zero-order valence-electron chi connectivity index (χ0n) is 15.8. The number of hydrogen-bond acceptors (Lipinski definition) is 5. The Labute approximate surface area is 174 Å². The lowest BCUT2D eigenvalue weighted by atomic mass is 10.1. The van der Waals surface area contributed by atoms with Crippen molar-refractivity contribution in [2.75, 3.05) is 10.6 Å². The summed E-state index contributed by atoms with van der Waals surface area (Å²) in [6, 6.07) is 12.7. The van der Waals surface area contributed by atoms with E-state index in [0.717, 1.165) is 12.1 Å². The maximum Gasteiger partial charge on any atom is 0.416 e. The van der Waals surface area contributed by atoms with Crippen molar-refractivity contribution in [3.05, 3.63) is 90.8 Å². The first-order chi connectivity index (χ1) is 14.9. The summed E-state index contributed by atoms with van der Waals surface area (Å²) < 4.78 is 40.2. The number of nitrogens with one attached hydrogen (secondary N) is 2. The minimum absolute atomic E-state index is 0.0787. The summed E-state index contributed by atoms with van der Waals surface area (Å²) in [6.45, 7) is 0. The molecule has 2 aromatic heterocycles. The molecule has 1 amide bonds. The normalized spacial score (nSPS) is 11.2. The van der Waals surface area contributed by atoms with Crippen LogP contribution in [0.1, 0.15) is 15.9 Å². The Bertz CT molecular complexity index is 1190. The monoisotopic (exact) mass is 424 g/mol. The van der Waals surface area contributed by atoms with Crippen LogP contribution in [0.2, 0.25) is 0 Å². The van der Waals surface area contributed by atoms with E-state index in [0.29, 0.717) is 23.0 Å². The van der Waals surface area contributed by atoms with Gasteiger partial charge in [-0.2, -0.15) is 13.2 Å². The fraction of sp³-hybridized carbons (Fsp3) is 0.0476. The smallest absolute Gasteiger partial charge is 0.340 e. The highest BCUT2D eigenvalue weighted by Gasteiger charge is 2.30. The predicted octanol–water partition coefficient (Wildman–Crippen LogP) is 4.68. The number of amides is 1. The number of rotatable bonds is 5. The van der Waals surface area contributed by atoms with Gasteiger partial charge >= 0.3 is 6.18 Å². The van der Waals surface area contributed by atoms with E-state index in [-0.39, 0.29) is 5.56 Å². The molecule has 2 aromatic carbocycles. The van der Waals surface area contributed by atoms with Gasteiger partial charge < -0.3 is 10.6 Å². The average Bonchev–Trinajstić information content (AvgIpc) is 3.30. The van der Waals surface area contributed by atoms with Crippen LogP contribution in [-0.4, -0.2) is 25.4 Å². The van der Waals surface area contributed by atoms with Gasteiger partial charge in [-0.05, 0) is 42.5 Å². The van der Waals surface area contributed by atoms with Crippen molar-refractivity contribution in [1.29, 1.82) is 0 Å². The van der Waals surface area contributed by atoms with Crippen LogP contribution in [0.3, 0.4) is 0 Å². The van der Waals surface area contributed by atoms with E-state index in [1.807, 2.05) is 0 Å². The number of benzene rings is 2. The van der Waals surface area contributed by atoms with E-state index in [1.165, 1.54) is 18.5 Å². The van der Waals surface area contributed by atoms with Crippen LogP contribution in [0, 0.1) is 0 Å². The zero-order valence-corrected chi connectivity index (χ0v) is 15.8. The molecule has 0 radical (unpaired) electrons. The Morgan fingerprint density at radius 3 is 2.45 bits per heavy atom. The lowest BCUT2D eigenvalue weighted by Gasteiger charge is -2.10. The van der Waals surface area contributed by atoms with Gasteiger partial charge in [0.2, 0.25) is 0 Å². The number of carbonyl (C=O) groups is 1. The molecule has 10 heteroatoms. The summed E-state index contributed by atoms with van der Waals surface area (Å²) in [4.78, 5) is 24.6. The maximum absolute atomic E-state index is 12.8. The number of aromatic nitrogens is 4. The first-order valence-electron chi connectivity index (χ1n) is 9.04. The number of anilines is 3. The summed E-state index contributed by atoms with van der Waals surface area (Å²) in [5.41, 5.74) is 0.187. The van der Waals surface area contributed by atoms with E-state index in [4.69, 9.17) is 0 Å². The zero-order chi connectivity index (χ0) is 21.8. The third-order valence-corrected chi connectivity index (χ3v) is 4.29. The molecule has 0 saturated heterocycles. The highest BCUT2D eigenvalue weighted by molar-refractivity contribution is 6.04. The molecule has 0 fully saturated rings. The minimum atomic E-state index is -4.51. The van der Waals surface area contributed by atoms with E-state index >= 15 is 0 Å². The summed E-state index contributed by atoms with van der Waals surface area (Å²) in [6.07, 6.45) is 1.92. The first-order valence-corrected chi connectivity index (χ1v) is 9.04. The van der Waals surface area contributed by atoms with Crippen LogP contribution in [0.15, 0.2) is 79.6 Å². The fourth-order valence-corrected chi connectivity index (χ4v) is 2.78. The van der Waals surface area contributed by atoms with Crippen LogP contribution in [0.25, 0.3) is 5.82 Å². The van der Waals surface area contributed by atoms with Crippen LogP contribution in [0.4, 0.5) is 30.4 Å². The van der Waals surface area contributed by atoms with Gasteiger partial charge in [0, 0.05) is 35.4 Å². The highest BCUT2D eigenvalue weighted by Crippen LogP contribution is 2.29. The second kappa shape index (κ2) is 8.27. The summed E-state index contributed by atoms with van der Waals surface area (Å²) in [5, 5.41) is 5.71. The maximum atomic E-state index is 12.8. The molecule has 156 valence electrons. The molecule has 0 saturated carbocycles. The second-order valence-electron chi connectivity index (χ2n) is 6.47. The molecule has 0 unspecified atom stereocenters. The highest BCUT2D eigenvalue weighted by atomic mass is 19.4. The molecule has 0 aliphatic carbocycles. The SMILES string of the molecule is O=C(Nc1ccc(Nc2cc(-n3ccnc3)ncn2)cc1)c1cccc(C(F)(F)F)c1. The largest absolute Gasteiger partial charge is 0.416 e. The molecule has 2 heterocycles. The lowest BCUT2D eigenvalue weighted by Crippen LogP contribution is -2.13. The molecule has 0 aliphatic rings. The molecular formula is C21H15F3N6O. The van der Waals surface area contributed by atoms with E-state index < -0.39 is 17.6 Å². The van der Waals surface area contributed by atoms with Crippen molar-refractivity contribution in [3.63, 3.8) is 0 Å². The lowest BCUT2D eigenvalue weighted by molar-refractivity contribution is -0.137. The Balaban J connectivity index is 1.43. The van der Waals surface area contributed by atoms with E-state index in [9.17, 15) is 18.0 Å². The van der Waals surface area contributed by atoms with Crippen molar-refractivity contribution in [2.24, 2.45) is 0 Å². The van der Waals surface area contributed by atoms with Gasteiger partial charge in [0.1, 0.15) is 24.3 Å². The number of halogens is 3. The van der Waals surface area contributed by atoms with Gasteiger partial charge in [-0.3, -0.25) is 9.36 Å². The Kier molecular flexibility index (Phi) is 5.35. The Morgan fingerprint density at radius 2 is 1.74 bits per heavy atom. The van der Waals surface area contributed by atoms with E-state index in [1.54, 1.807) is 53.6 Å². The molecule has 4 rings (SSSR count). The minimum Gasteiger partial charge on any atom is -0.340 e. The van der Waals surface area contributed by atoms with Gasteiger partial charge in [-0.25, -0.2) is 15.0 Å². The second-order valence-corrected chi connectivity index (χ2v) is 6.47. The number of alkyl halides is 3.